The van der Waals surface area contributed by atoms with Crippen LogP contribution in [-0.2, 0) is 11.3 Å². The van der Waals surface area contributed by atoms with Crippen molar-refractivity contribution < 1.29 is 4.79 Å². The van der Waals surface area contributed by atoms with E-state index in [1.165, 1.54) is 11.1 Å². The zero-order valence-corrected chi connectivity index (χ0v) is 10.6. The van der Waals surface area contributed by atoms with Gasteiger partial charge in [0.15, 0.2) is 0 Å². The molecule has 1 saturated heterocycles. The maximum absolute atomic E-state index is 12.1. The number of hydrogen-bond donors (Lipinski definition) is 1. The van der Waals surface area contributed by atoms with Crippen LogP contribution in [0.4, 0.5) is 0 Å². The van der Waals surface area contributed by atoms with Crippen molar-refractivity contribution in [2.24, 2.45) is 5.92 Å². The molecule has 0 aliphatic carbocycles. The number of benzene rings is 1. The van der Waals surface area contributed by atoms with Crippen molar-refractivity contribution in [1.82, 2.24) is 10.2 Å². The van der Waals surface area contributed by atoms with Crippen LogP contribution in [0.2, 0.25) is 0 Å². The Morgan fingerprint density at radius 2 is 2.24 bits per heavy atom. The van der Waals surface area contributed by atoms with Crippen molar-refractivity contribution in [3.05, 3.63) is 35.4 Å². The second kappa shape index (κ2) is 5.32. The van der Waals surface area contributed by atoms with E-state index in [1.54, 1.807) is 0 Å². The summed E-state index contributed by atoms with van der Waals surface area (Å²) in [7, 11) is 1.90. The number of aryl methyl sites for hydroxylation is 1. The molecule has 1 heterocycles. The number of nitrogens with one attached hydrogen (secondary N) is 1. The van der Waals surface area contributed by atoms with Gasteiger partial charge in [-0.05, 0) is 31.0 Å². The molecule has 1 aromatic carbocycles. The van der Waals surface area contributed by atoms with E-state index in [-0.39, 0.29) is 11.8 Å². The molecule has 0 saturated carbocycles. The van der Waals surface area contributed by atoms with Gasteiger partial charge >= 0.3 is 0 Å². The lowest BCUT2D eigenvalue weighted by Gasteiger charge is -2.21. The number of amides is 1. The van der Waals surface area contributed by atoms with Crippen LogP contribution >= 0.6 is 0 Å². The molecule has 3 heteroatoms. The second-order valence-corrected chi connectivity index (χ2v) is 4.81. The first-order valence-corrected chi connectivity index (χ1v) is 6.18. The average molecular weight is 232 g/mol. The van der Waals surface area contributed by atoms with Crippen molar-refractivity contribution >= 4 is 5.91 Å². The monoisotopic (exact) mass is 232 g/mol. The van der Waals surface area contributed by atoms with Gasteiger partial charge in [0.1, 0.15) is 0 Å². The Hall–Kier alpha value is -1.35. The summed E-state index contributed by atoms with van der Waals surface area (Å²) in [5.74, 6) is 0.433. The van der Waals surface area contributed by atoms with Crippen molar-refractivity contribution in [3.8, 4) is 0 Å². The molecule has 1 unspecified atom stereocenters. The SMILES string of the molecule is Cc1ccccc1CN(C)C(=O)C1CCNC1. The van der Waals surface area contributed by atoms with E-state index >= 15 is 0 Å². The molecular formula is C14H20N2O. The van der Waals surface area contributed by atoms with E-state index in [0.717, 1.165) is 19.5 Å². The van der Waals surface area contributed by atoms with E-state index in [9.17, 15) is 4.79 Å². The van der Waals surface area contributed by atoms with Crippen LogP contribution in [0.5, 0.6) is 0 Å². The van der Waals surface area contributed by atoms with Crippen LogP contribution in [0.1, 0.15) is 17.5 Å². The molecule has 0 spiro atoms. The molecule has 0 bridgehead atoms. The van der Waals surface area contributed by atoms with E-state index in [2.05, 4.69) is 24.4 Å². The predicted octanol–water partition coefficient (Wildman–Crippen LogP) is 1.56. The standard InChI is InChI=1S/C14H20N2O/c1-11-5-3-4-6-13(11)10-16(2)14(17)12-7-8-15-9-12/h3-6,12,15H,7-10H2,1-2H3. The van der Waals surface area contributed by atoms with E-state index in [0.29, 0.717) is 6.54 Å². The smallest absolute Gasteiger partial charge is 0.227 e. The first kappa shape index (κ1) is 12.1. The van der Waals surface area contributed by atoms with Crippen LogP contribution in [-0.4, -0.2) is 30.9 Å². The Morgan fingerprint density at radius 1 is 1.47 bits per heavy atom. The molecule has 1 aliphatic heterocycles. The fourth-order valence-electron chi connectivity index (χ4n) is 2.30. The molecule has 1 aliphatic rings. The van der Waals surface area contributed by atoms with Gasteiger partial charge in [0.05, 0.1) is 5.92 Å². The van der Waals surface area contributed by atoms with Gasteiger partial charge in [-0.25, -0.2) is 0 Å². The fraction of sp³-hybridized carbons (Fsp3) is 0.500. The Bertz CT molecular complexity index is 397. The lowest BCUT2D eigenvalue weighted by atomic mass is 10.1. The number of hydrogen-bond acceptors (Lipinski definition) is 2. The second-order valence-electron chi connectivity index (χ2n) is 4.81. The average Bonchev–Trinajstić information content (AvgIpc) is 2.84. The van der Waals surface area contributed by atoms with Gasteiger partial charge < -0.3 is 10.2 Å². The third kappa shape index (κ3) is 2.86. The topological polar surface area (TPSA) is 32.3 Å². The Labute approximate surface area is 103 Å². The zero-order valence-electron chi connectivity index (χ0n) is 10.6. The summed E-state index contributed by atoms with van der Waals surface area (Å²) in [6.45, 7) is 4.60. The summed E-state index contributed by atoms with van der Waals surface area (Å²) in [4.78, 5) is 14.0. The Morgan fingerprint density at radius 3 is 2.88 bits per heavy atom. The molecule has 1 N–H and O–H groups in total. The molecule has 3 nitrogen and oxygen atoms in total. The summed E-state index contributed by atoms with van der Waals surface area (Å²) in [6, 6.07) is 8.23. The van der Waals surface area contributed by atoms with Crippen molar-refractivity contribution in [1.29, 1.82) is 0 Å². The van der Waals surface area contributed by atoms with Crippen molar-refractivity contribution in [2.75, 3.05) is 20.1 Å². The van der Waals surface area contributed by atoms with Gasteiger partial charge in [-0.15, -0.1) is 0 Å². The van der Waals surface area contributed by atoms with Crippen molar-refractivity contribution in [3.63, 3.8) is 0 Å². The number of carbonyl (C=O) groups excluding carboxylic acids is 1. The normalized spacial score (nSPS) is 19.3. The summed E-state index contributed by atoms with van der Waals surface area (Å²) < 4.78 is 0. The summed E-state index contributed by atoms with van der Waals surface area (Å²) in [6.07, 6.45) is 0.969. The molecule has 1 amide bonds. The number of carbonyl (C=O) groups is 1. The van der Waals surface area contributed by atoms with Gasteiger partial charge in [0, 0.05) is 20.1 Å². The van der Waals surface area contributed by atoms with Gasteiger partial charge in [0.25, 0.3) is 0 Å². The predicted molar refractivity (Wildman–Crippen MR) is 68.6 cm³/mol. The van der Waals surface area contributed by atoms with Crippen molar-refractivity contribution in [2.45, 2.75) is 19.9 Å². The van der Waals surface area contributed by atoms with Crippen LogP contribution in [0.3, 0.4) is 0 Å². The fourth-order valence-corrected chi connectivity index (χ4v) is 2.30. The van der Waals surface area contributed by atoms with Gasteiger partial charge in [0.2, 0.25) is 5.91 Å². The number of nitrogens with zero attached hydrogens (tertiary/aromatic N) is 1. The Kier molecular flexibility index (Phi) is 3.79. The minimum atomic E-state index is 0.170. The minimum Gasteiger partial charge on any atom is -0.341 e. The third-order valence-electron chi connectivity index (χ3n) is 3.45. The third-order valence-corrected chi connectivity index (χ3v) is 3.45. The molecule has 0 aromatic heterocycles. The Balaban J connectivity index is 1.99. The highest BCUT2D eigenvalue weighted by Crippen LogP contribution is 2.14. The van der Waals surface area contributed by atoms with Gasteiger partial charge in [-0.2, -0.15) is 0 Å². The highest BCUT2D eigenvalue weighted by Gasteiger charge is 2.25. The quantitative estimate of drug-likeness (QED) is 0.858. The summed E-state index contributed by atoms with van der Waals surface area (Å²) in [5.41, 5.74) is 2.48. The molecule has 17 heavy (non-hydrogen) atoms. The first-order chi connectivity index (χ1) is 8.18. The molecule has 2 rings (SSSR count). The number of rotatable bonds is 3. The molecule has 1 atom stereocenters. The molecule has 1 aromatic rings. The molecule has 1 fully saturated rings. The molecule has 92 valence electrons. The molecule has 0 radical (unpaired) electrons. The van der Waals surface area contributed by atoms with Crippen LogP contribution in [0, 0.1) is 12.8 Å². The van der Waals surface area contributed by atoms with Crippen LogP contribution < -0.4 is 5.32 Å². The zero-order chi connectivity index (χ0) is 12.3. The minimum absolute atomic E-state index is 0.170. The lowest BCUT2D eigenvalue weighted by Crippen LogP contribution is -2.33. The van der Waals surface area contributed by atoms with E-state index in [4.69, 9.17) is 0 Å². The first-order valence-electron chi connectivity index (χ1n) is 6.18. The van der Waals surface area contributed by atoms with Gasteiger partial charge in [-0.3, -0.25) is 4.79 Å². The maximum atomic E-state index is 12.1. The summed E-state index contributed by atoms with van der Waals surface area (Å²) in [5, 5.41) is 3.24. The van der Waals surface area contributed by atoms with Gasteiger partial charge in [-0.1, -0.05) is 24.3 Å². The highest BCUT2D eigenvalue weighted by molar-refractivity contribution is 5.79. The van der Waals surface area contributed by atoms with E-state index < -0.39 is 0 Å². The molecular weight excluding hydrogens is 212 g/mol. The van der Waals surface area contributed by atoms with Crippen LogP contribution in [0.15, 0.2) is 24.3 Å². The largest absolute Gasteiger partial charge is 0.341 e. The summed E-state index contributed by atoms with van der Waals surface area (Å²) >= 11 is 0. The van der Waals surface area contributed by atoms with Crippen LogP contribution in [0.25, 0.3) is 0 Å². The van der Waals surface area contributed by atoms with E-state index in [1.807, 2.05) is 24.1 Å². The highest BCUT2D eigenvalue weighted by atomic mass is 16.2. The maximum Gasteiger partial charge on any atom is 0.227 e. The lowest BCUT2D eigenvalue weighted by molar-refractivity contribution is -0.134.